The maximum absolute atomic E-state index is 12.0. The number of pyridine rings is 1. The van der Waals surface area contributed by atoms with Crippen LogP contribution in [0, 0.1) is 0 Å². The lowest BCUT2D eigenvalue weighted by molar-refractivity contribution is 0.102. The van der Waals surface area contributed by atoms with Crippen LogP contribution < -0.4 is 10.2 Å². The molecule has 0 atom stereocenters. The van der Waals surface area contributed by atoms with Crippen LogP contribution in [0.3, 0.4) is 0 Å². The summed E-state index contributed by atoms with van der Waals surface area (Å²) in [5, 5.41) is 10.8. The molecule has 2 aromatic rings. The van der Waals surface area contributed by atoms with E-state index in [0.717, 1.165) is 18.9 Å². The van der Waals surface area contributed by atoms with E-state index in [4.69, 9.17) is 0 Å². The number of rotatable bonds is 3. The minimum absolute atomic E-state index is 0.279. The molecule has 1 N–H and O–H groups in total. The molecule has 0 aromatic carbocycles. The van der Waals surface area contributed by atoms with Crippen LogP contribution in [0.25, 0.3) is 0 Å². The number of hydrogen-bond donors (Lipinski definition) is 1. The Balaban J connectivity index is 1.69. The average molecular weight is 269 g/mol. The van der Waals surface area contributed by atoms with Crippen molar-refractivity contribution < 1.29 is 4.79 Å². The fourth-order valence-corrected chi connectivity index (χ4v) is 2.19. The van der Waals surface area contributed by atoms with E-state index in [1.54, 1.807) is 30.6 Å². The van der Waals surface area contributed by atoms with Crippen LogP contribution in [-0.2, 0) is 0 Å². The standard InChI is InChI=1S/C14H15N5O/c20-14(16-11-4-3-7-15-10-11)12-5-6-13(18-17-12)19-8-1-2-9-19/h3-7,10H,1-2,8-9H2,(H,16,20). The molecule has 6 nitrogen and oxygen atoms in total. The Kier molecular flexibility index (Phi) is 3.54. The minimum Gasteiger partial charge on any atom is -0.355 e. The van der Waals surface area contributed by atoms with Gasteiger partial charge in [-0.15, -0.1) is 10.2 Å². The maximum Gasteiger partial charge on any atom is 0.276 e. The number of aromatic nitrogens is 3. The molecule has 0 aliphatic carbocycles. The first-order chi connectivity index (χ1) is 9.83. The SMILES string of the molecule is O=C(Nc1cccnc1)c1ccc(N2CCCC2)nn1. The molecule has 1 saturated heterocycles. The van der Waals surface area contributed by atoms with E-state index < -0.39 is 0 Å². The third-order valence-corrected chi connectivity index (χ3v) is 3.23. The molecule has 0 bridgehead atoms. The highest BCUT2D eigenvalue weighted by molar-refractivity contribution is 6.02. The number of nitrogens with zero attached hydrogens (tertiary/aromatic N) is 4. The summed E-state index contributed by atoms with van der Waals surface area (Å²) in [6.45, 7) is 2.02. The number of nitrogens with one attached hydrogen (secondary N) is 1. The first-order valence-electron chi connectivity index (χ1n) is 6.63. The van der Waals surface area contributed by atoms with Gasteiger partial charge in [-0.3, -0.25) is 9.78 Å². The van der Waals surface area contributed by atoms with Crippen molar-refractivity contribution in [3.63, 3.8) is 0 Å². The molecular weight excluding hydrogens is 254 g/mol. The Morgan fingerprint density at radius 2 is 2.00 bits per heavy atom. The Hall–Kier alpha value is -2.50. The summed E-state index contributed by atoms with van der Waals surface area (Å²) < 4.78 is 0. The second-order valence-electron chi connectivity index (χ2n) is 4.67. The fraction of sp³-hybridized carbons (Fsp3) is 0.286. The predicted octanol–water partition coefficient (Wildman–Crippen LogP) is 1.72. The van der Waals surface area contributed by atoms with Gasteiger partial charge in [0.2, 0.25) is 0 Å². The highest BCUT2D eigenvalue weighted by Gasteiger charge is 2.15. The third-order valence-electron chi connectivity index (χ3n) is 3.23. The fourth-order valence-electron chi connectivity index (χ4n) is 2.19. The maximum atomic E-state index is 12.0. The van der Waals surface area contributed by atoms with Crippen LogP contribution in [0.2, 0.25) is 0 Å². The van der Waals surface area contributed by atoms with Gasteiger partial charge in [-0.25, -0.2) is 0 Å². The normalized spacial score (nSPS) is 14.3. The molecule has 0 spiro atoms. The third kappa shape index (κ3) is 2.74. The molecule has 1 fully saturated rings. The van der Waals surface area contributed by atoms with Crippen molar-refractivity contribution in [1.82, 2.24) is 15.2 Å². The van der Waals surface area contributed by atoms with Gasteiger partial charge in [-0.1, -0.05) is 0 Å². The Labute approximate surface area is 116 Å². The highest BCUT2D eigenvalue weighted by atomic mass is 16.1. The second kappa shape index (κ2) is 5.64. The summed E-state index contributed by atoms with van der Waals surface area (Å²) >= 11 is 0. The van der Waals surface area contributed by atoms with Crippen LogP contribution in [-0.4, -0.2) is 34.2 Å². The summed E-state index contributed by atoms with van der Waals surface area (Å²) in [7, 11) is 0. The molecule has 20 heavy (non-hydrogen) atoms. The zero-order chi connectivity index (χ0) is 13.8. The molecule has 3 rings (SSSR count). The van der Waals surface area contributed by atoms with Gasteiger partial charge in [0, 0.05) is 19.3 Å². The van der Waals surface area contributed by atoms with Crippen LogP contribution in [0.15, 0.2) is 36.7 Å². The summed E-state index contributed by atoms with van der Waals surface area (Å²) in [4.78, 5) is 18.1. The first kappa shape index (κ1) is 12.5. The lowest BCUT2D eigenvalue weighted by Crippen LogP contribution is -2.21. The molecule has 102 valence electrons. The van der Waals surface area contributed by atoms with Crippen molar-refractivity contribution in [3.8, 4) is 0 Å². The molecule has 2 aromatic heterocycles. The predicted molar refractivity (Wildman–Crippen MR) is 75.7 cm³/mol. The largest absolute Gasteiger partial charge is 0.355 e. The van der Waals surface area contributed by atoms with Gasteiger partial charge in [-0.05, 0) is 37.1 Å². The van der Waals surface area contributed by atoms with Gasteiger partial charge in [-0.2, -0.15) is 0 Å². The van der Waals surface area contributed by atoms with E-state index in [9.17, 15) is 4.79 Å². The van der Waals surface area contributed by atoms with Crippen molar-refractivity contribution in [1.29, 1.82) is 0 Å². The zero-order valence-electron chi connectivity index (χ0n) is 11.0. The molecule has 1 aliphatic rings. The van der Waals surface area contributed by atoms with E-state index in [0.29, 0.717) is 11.4 Å². The highest BCUT2D eigenvalue weighted by Crippen LogP contribution is 2.16. The van der Waals surface area contributed by atoms with E-state index in [2.05, 4.69) is 25.4 Å². The molecule has 0 unspecified atom stereocenters. The van der Waals surface area contributed by atoms with Gasteiger partial charge in [0.25, 0.3) is 5.91 Å². The molecule has 1 aliphatic heterocycles. The number of carbonyl (C=O) groups is 1. The van der Waals surface area contributed by atoms with E-state index in [1.807, 2.05) is 6.07 Å². The number of hydrogen-bond acceptors (Lipinski definition) is 5. The lowest BCUT2D eigenvalue weighted by Gasteiger charge is -2.15. The second-order valence-corrected chi connectivity index (χ2v) is 4.67. The molecule has 0 saturated carbocycles. The van der Waals surface area contributed by atoms with Gasteiger partial charge >= 0.3 is 0 Å². The van der Waals surface area contributed by atoms with Crippen molar-refractivity contribution >= 4 is 17.4 Å². The summed E-state index contributed by atoms with van der Waals surface area (Å²) in [6.07, 6.45) is 5.61. The topological polar surface area (TPSA) is 71.0 Å². The monoisotopic (exact) mass is 269 g/mol. The van der Waals surface area contributed by atoms with Crippen molar-refractivity contribution in [2.75, 3.05) is 23.3 Å². The van der Waals surface area contributed by atoms with E-state index in [1.165, 1.54) is 12.8 Å². The first-order valence-corrected chi connectivity index (χ1v) is 6.63. The van der Waals surface area contributed by atoms with Crippen molar-refractivity contribution in [2.45, 2.75) is 12.8 Å². The van der Waals surface area contributed by atoms with Crippen molar-refractivity contribution in [3.05, 3.63) is 42.4 Å². The van der Waals surface area contributed by atoms with Crippen LogP contribution in [0.5, 0.6) is 0 Å². The zero-order valence-corrected chi connectivity index (χ0v) is 11.0. The van der Waals surface area contributed by atoms with Crippen molar-refractivity contribution in [2.24, 2.45) is 0 Å². The number of carbonyl (C=O) groups excluding carboxylic acids is 1. The Morgan fingerprint density at radius 3 is 2.65 bits per heavy atom. The van der Waals surface area contributed by atoms with Crippen LogP contribution in [0.4, 0.5) is 11.5 Å². The molecule has 0 radical (unpaired) electrons. The average Bonchev–Trinajstić information content (AvgIpc) is 3.03. The lowest BCUT2D eigenvalue weighted by atomic mass is 10.3. The summed E-state index contributed by atoms with van der Waals surface area (Å²) in [5.74, 6) is 0.555. The number of anilines is 2. The van der Waals surface area contributed by atoms with Crippen LogP contribution >= 0.6 is 0 Å². The summed E-state index contributed by atoms with van der Waals surface area (Å²) in [5.41, 5.74) is 0.944. The minimum atomic E-state index is -0.279. The summed E-state index contributed by atoms with van der Waals surface area (Å²) in [6, 6.07) is 7.08. The van der Waals surface area contributed by atoms with Crippen LogP contribution in [0.1, 0.15) is 23.3 Å². The Morgan fingerprint density at radius 1 is 1.15 bits per heavy atom. The molecule has 3 heterocycles. The van der Waals surface area contributed by atoms with Gasteiger partial charge < -0.3 is 10.2 Å². The molecule has 1 amide bonds. The smallest absolute Gasteiger partial charge is 0.276 e. The molecule has 6 heteroatoms. The van der Waals surface area contributed by atoms with Gasteiger partial charge in [0.05, 0.1) is 11.9 Å². The van der Waals surface area contributed by atoms with E-state index in [-0.39, 0.29) is 5.91 Å². The quantitative estimate of drug-likeness (QED) is 0.918. The van der Waals surface area contributed by atoms with E-state index >= 15 is 0 Å². The molecular formula is C14H15N5O. The number of amides is 1. The van der Waals surface area contributed by atoms with Gasteiger partial charge in [0.15, 0.2) is 11.5 Å². The van der Waals surface area contributed by atoms with Gasteiger partial charge in [0.1, 0.15) is 0 Å². The Bertz CT molecular complexity index is 578.